The minimum atomic E-state index is -0.523. The molecule has 0 aromatic heterocycles. The van der Waals surface area contributed by atoms with Gasteiger partial charge in [0, 0.05) is 0 Å². The second-order valence-electron chi connectivity index (χ2n) is 5.16. The van der Waals surface area contributed by atoms with Crippen molar-refractivity contribution in [1.29, 1.82) is 0 Å². The van der Waals surface area contributed by atoms with Crippen molar-refractivity contribution in [3.63, 3.8) is 0 Å². The topological polar surface area (TPSA) is 38.8 Å². The Labute approximate surface area is 107 Å². The fraction of sp³-hybridized carbons (Fsp3) is 0.357. The number of allylic oxidation sites excluding steroid dienone is 1. The molecule has 0 atom stereocenters. The van der Waals surface area contributed by atoms with Crippen molar-refractivity contribution in [1.82, 2.24) is 0 Å². The van der Waals surface area contributed by atoms with E-state index in [1.807, 2.05) is 45.0 Å². The molecule has 96 valence electrons. The molecule has 0 unspecified atom stereocenters. The monoisotopic (exact) mass is 247 g/mol. The standard InChI is InChI=1S/C14H17NO3/c1-10-9-17-12-8-6-5-7-11(12)15(10)13(16)18-14(2,3)4/h5-9H,1-4H3. The van der Waals surface area contributed by atoms with Crippen LogP contribution in [0, 0.1) is 0 Å². The Morgan fingerprint density at radius 3 is 2.61 bits per heavy atom. The lowest BCUT2D eigenvalue weighted by atomic mass is 10.2. The summed E-state index contributed by atoms with van der Waals surface area (Å²) in [7, 11) is 0. The maximum atomic E-state index is 12.2. The normalized spacial score (nSPS) is 14.4. The predicted molar refractivity (Wildman–Crippen MR) is 69.5 cm³/mol. The summed E-state index contributed by atoms with van der Waals surface area (Å²) in [5, 5.41) is 0. The van der Waals surface area contributed by atoms with Gasteiger partial charge in [0.05, 0.1) is 11.4 Å². The molecule has 0 saturated heterocycles. The van der Waals surface area contributed by atoms with Gasteiger partial charge in [-0.05, 0) is 39.8 Å². The summed E-state index contributed by atoms with van der Waals surface area (Å²) >= 11 is 0. The Hall–Kier alpha value is -1.97. The van der Waals surface area contributed by atoms with Crippen molar-refractivity contribution in [2.24, 2.45) is 0 Å². The van der Waals surface area contributed by atoms with E-state index >= 15 is 0 Å². The zero-order valence-corrected chi connectivity index (χ0v) is 11.1. The quantitative estimate of drug-likeness (QED) is 0.702. The number of amides is 1. The van der Waals surface area contributed by atoms with Crippen LogP contribution >= 0.6 is 0 Å². The largest absolute Gasteiger partial charge is 0.461 e. The first kappa shape index (κ1) is 12.5. The second kappa shape index (κ2) is 4.37. The summed E-state index contributed by atoms with van der Waals surface area (Å²) in [5.41, 5.74) is 0.875. The lowest BCUT2D eigenvalue weighted by molar-refractivity contribution is 0.0589. The van der Waals surface area contributed by atoms with E-state index in [0.717, 1.165) is 0 Å². The van der Waals surface area contributed by atoms with Crippen molar-refractivity contribution >= 4 is 11.8 Å². The van der Waals surface area contributed by atoms with Crippen LogP contribution in [0.1, 0.15) is 27.7 Å². The highest BCUT2D eigenvalue weighted by Gasteiger charge is 2.28. The first-order valence-corrected chi connectivity index (χ1v) is 5.84. The van der Waals surface area contributed by atoms with Crippen LogP contribution in [0.15, 0.2) is 36.2 Å². The maximum absolute atomic E-state index is 12.2. The molecule has 2 rings (SSSR count). The van der Waals surface area contributed by atoms with E-state index in [2.05, 4.69) is 0 Å². The highest BCUT2D eigenvalue weighted by molar-refractivity contribution is 5.93. The molecule has 0 radical (unpaired) electrons. The summed E-state index contributed by atoms with van der Waals surface area (Å²) in [5.74, 6) is 0.647. The van der Waals surface area contributed by atoms with Crippen LogP contribution in [0.25, 0.3) is 0 Å². The average molecular weight is 247 g/mol. The van der Waals surface area contributed by atoms with Gasteiger partial charge in [0.15, 0.2) is 5.75 Å². The molecule has 1 aliphatic rings. The van der Waals surface area contributed by atoms with Gasteiger partial charge in [-0.15, -0.1) is 0 Å². The third-order valence-corrected chi connectivity index (χ3v) is 2.39. The molecular formula is C14H17NO3. The summed E-state index contributed by atoms with van der Waals surface area (Å²) in [6.45, 7) is 7.34. The second-order valence-corrected chi connectivity index (χ2v) is 5.16. The molecule has 1 aromatic carbocycles. The van der Waals surface area contributed by atoms with Crippen LogP contribution in [-0.4, -0.2) is 11.7 Å². The number of hydrogen-bond donors (Lipinski definition) is 0. The van der Waals surface area contributed by atoms with Crippen LogP contribution in [0.4, 0.5) is 10.5 Å². The van der Waals surface area contributed by atoms with Crippen molar-refractivity contribution in [2.45, 2.75) is 33.3 Å². The SMILES string of the molecule is CC1=COc2ccccc2N1C(=O)OC(C)(C)C. The van der Waals surface area contributed by atoms with E-state index in [-0.39, 0.29) is 0 Å². The summed E-state index contributed by atoms with van der Waals surface area (Å²) < 4.78 is 10.8. The van der Waals surface area contributed by atoms with Crippen LogP contribution in [0.3, 0.4) is 0 Å². The Bertz CT molecular complexity index is 500. The molecule has 18 heavy (non-hydrogen) atoms. The van der Waals surface area contributed by atoms with E-state index in [4.69, 9.17) is 9.47 Å². The predicted octanol–water partition coefficient (Wildman–Crippen LogP) is 3.68. The van der Waals surface area contributed by atoms with Gasteiger partial charge in [-0.1, -0.05) is 12.1 Å². The average Bonchev–Trinajstić information content (AvgIpc) is 2.26. The zero-order chi connectivity index (χ0) is 13.3. The lowest BCUT2D eigenvalue weighted by Gasteiger charge is -2.30. The molecule has 1 aromatic rings. The van der Waals surface area contributed by atoms with Crippen molar-refractivity contribution in [2.75, 3.05) is 4.90 Å². The highest BCUT2D eigenvalue weighted by Crippen LogP contribution is 2.35. The van der Waals surface area contributed by atoms with E-state index in [1.54, 1.807) is 13.2 Å². The number of fused-ring (bicyclic) bond motifs is 1. The van der Waals surface area contributed by atoms with Gasteiger partial charge in [0.2, 0.25) is 0 Å². The summed E-state index contributed by atoms with van der Waals surface area (Å²) in [4.78, 5) is 13.7. The van der Waals surface area contributed by atoms with Gasteiger partial charge < -0.3 is 9.47 Å². The van der Waals surface area contributed by atoms with Crippen LogP contribution in [0.2, 0.25) is 0 Å². The number of carbonyl (C=O) groups is 1. The number of ether oxygens (including phenoxy) is 2. The van der Waals surface area contributed by atoms with E-state index < -0.39 is 11.7 Å². The molecule has 1 heterocycles. The van der Waals surface area contributed by atoms with Gasteiger partial charge in [0.1, 0.15) is 11.9 Å². The Balaban J connectivity index is 2.33. The van der Waals surface area contributed by atoms with Gasteiger partial charge >= 0.3 is 6.09 Å². The Morgan fingerprint density at radius 1 is 1.28 bits per heavy atom. The summed E-state index contributed by atoms with van der Waals surface area (Å²) in [6.07, 6.45) is 1.15. The maximum Gasteiger partial charge on any atom is 0.419 e. The molecule has 0 saturated carbocycles. The zero-order valence-electron chi connectivity index (χ0n) is 11.1. The molecule has 1 aliphatic heterocycles. The van der Waals surface area contributed by atoms with Gasteiger partial charge in [-0.25, -0.2) is 9.69 Å². The van der Waals surface area contributed by atoms with Crippen LogP contribution in [-0.2, 0) is 4.74 Å². The molecule has 4 heteroatoms. The minimum absolute atomic E-state index is 0.396. The fourth-order valence-electron chi connectivity index (χ4n) is 1.68. The van der Waals surface area contributed by atoms with Crippen LogP contribution < -0.4 is 9.64 Å². The number of carbonyl (C=O) groups excluding carboxylic acids is 1. The van der Waals surface area contributed by atoms with Gasteiger partial charge in [-0.3, -0.25) is 0 Å². The minimum Gasteiger partial charge on any atom is -0.461 e. The molecule has 0 spiro atoms. The van der Waals surface area contributed by atoms with Crippen molar-refractivity contribution < 1.29 is 14.3 Å². The fourth-order valence-corrected chi connectivity index (χ4v) is 1.68. The number of para-hydroxylation sites is 2. The van der Waals surface area contributed by atoms with E-state index in [9.17, 15) is 4.79 Å². The first-order valence-electron chi connectivity index (χ1n) is 5.84. The third-order valence-electron chi connectivity index (χ3n) is 2.39. The van der Waals surface area contributed by atoms with Crippen molar-refractivity contribution in [3.05, 3.63) is 36.2 Å². The smallest absolute Gasteiger partial charge is 0.419 e. The van der Waals surface area contributed by atoms with Gasteiger partial charge in [-0.2, -0.15) is 0 Å². The number of rotatable bonds is 0. The molecule has 0 N–H and O–H groups in total. The number of nitrogens with zero attached hydrogens (tertiary/aromatic N) is 1. The molecule has 0 aliphatic carbocycles. The number of anilines is 1. The van der Waals surface area contributed by atoms with E-state index in [1.165, 1.54) is 4.90 Å². The molecule has 0 fully saturated rings. The summed E-state index contributed by atoms with van der Waals surface area (Å²) in [6, 6.07) is 7.37. The Kier molecular flexibility index (Phi) is 3.03. The van der Waals surface area contributed by atoms with Crippen molar-refractivity contribution in [3.8, 4) is 5.75 Å². The van der Waals surface area contributed by atoms with E-state index in [0.29, 0.717) is 17.1 Å². The molecule has 1 amide bonds. The molecule has 4 nitrogen and oxygen atoms in total. The molecule has 0 bridgehead atoms. The lowest BCUT2D eigenvalue weighted by Crippen LogP contribution is -2.37. The first-order chi connectivity index (χ1) is 8.38. The molecular weight excluding hydrogens is 230 g/mol. The third kappa shape index (κ3) is 2.47. The number of benzene rings is 1. The van der Waals surface area contributed by atoms with Gasteiger partial charge in [0.25, 0.3) is 0 Å². The highest BCUT2D eigenvalue weighted by atomic mass is 16.6. The number of hydrogen-bond acceptors (Lipinski definition) is 3. The Morgan fingerprint density at radius 2 is 1.94 bits per heavy atom. The van der Waals surface area contributed by atoms with Crippen LogP contribution in [0.5, 0.6) is 5.75 Å².